The lowest BCUT2D eigenvalue weighted by Gasteiger charge is -2.30. The van der Waals surface area contributed by atoms with Crippen LogP contribution in [0.5, 0.6) is 0 Å². The van der Waals surface area contributed by atoms with E-state index < -0.39 is 12.0 Å². The highest BCUT2D eigenvalue weighted by Crippen LogP contribution is 2.31. The van der Waals surface area contributed by atoms with E-state index in [9.17, 15) is 9.59 Å². The highest BCUT2D eigenvalue weighted by Gasteiger charge is 2.34. The van der Waals surface area contributed by atoms with Gasteiger partial charge in [-0.25, -0.2) is 4.79 Å². The maximum Gasteiger partial charge on any atom is 0.335 e. The van der Waals surface area contributed by atoms with Gasteiger partial charge in [0.05, 0.1) is 11.6 Å². The average Bonchev–Trinajstić information content (AvgIpc) is 2.78. The number of nitrogens with two attached hydrogens (primary N) is 1. The number of benzene rings is 1. The molecule has 1 aliphatic heterocycles. The van der Waals surface area contributed by atoms with Crippen LogP contribution in [-0.4, -0.2) is 29.6 Å². The molecular formula is C15H20N2O3. The number of nitrogens with zero attached hydrogens (tertiary/aromatic N) is 1. The Kier molecular flexibility index (Phi) is 3.56. The number of anilines is 1. The number of rotatable bonds is 2. The zero-order valence-corrected chi connectivity index (χ0v) is 12.0. The van der Waals surface area contributed by atoms with Crippen molar-refractivity contribution < 1.29 is 14.7 Å². The van der Waals surface area contributed by atoms with Gasteiger partial charge in [-0.3, -0.25) is 4.79 Å². The minimum atomic E-state index is -0.955. The quantitative estimate of drug-likeness (QED) is 0.860. The van der Waals surface area contributed by atoms with Crippen molar-refractivity contribution in [2.45, 2.75) is 33.2 Å². The summed E-state index contributed by atoms with van der Waals surface area (Å²) < 4.78 is 0. The lowest BCUT2D eigenvalue weighted by molar-refractivity contribution is -0.121. The van der Waals surface area contributed by atoms with E-state index in [2.05, 4.69) is 0 Å². The Labute approximate surface area is 118 Å². The molecule has 1 aromatic rings. The number of carboxylic acids is 1. The summed E-state index contributed by atoms with van der Waals surface area (Å²) >= 11 is 0. The van der Waals surface area contributed by atoms with Crippen LogP contribution < -0.4 is 10.6 Å². The molecule has 5 nitrogen and oxygen atoms in total. The molecule has 1 aliphatic rings. The van der Waals surface area contributed by atoms with Gasteiger partial charge in [-0.15, -0.1) is 0 Å². The molecule has 1 unspecified atom stereocenters. The van der Waals surface area contributed by atoms with Crippen molar-refractivity contribution in [3.63, 3.8) is 0 Å². The van der Waals surface area contributed by atoms with Crippen LogP contribution in [-0.2, 0) is 11.2 Å². The van der Waals surface area contributed by atoms with Gasteiger partial charge in [-0.05, 0) is 35.6 Å². The molecule has 0 radical (unpaired) electrons. The Bertz CT molecular complexity index is 561. The summed E-state index contributed by atoms with van der Waals surface area (Å²) in [6.45, 7) is 6.35. The molecule has 3 N–H and O–H groups in total. The molecule has 0 saturated carbocycles. The minimum absolute atomic E-state index is 0.112. The number of amides is 1. The molecule has 20 heavy (non-hydrogen) atoms. The highest BCUT2D eigenvalue weighted by molar-refractivity contribution is 6.00. The second-order valence-corrected chi connectivity index (χ2v) is 6.23. The molecule has 0 saturated heterocycles. The molecule has 0 spiro atoms. The van der Waals surface area contributed by atoms with Gasteiger partial charge in [0, 0.05) is 12.2 Å². The first-order valence-electron chi connectivity index (χ1n) is 6.65. The van der Waals surface area contributed by atoms with E-state index in [1.165, 1.54) is 6.07 Å². The largest absolute Gasteiger partial charge is 0.478 e. The van der Waals surface area contributed by atoms with Gasteiger partial charge >= 0.3 is 5.97 Å². The smallest absolute Gasteiger partial charge is 0.335 e. The van der Waals surface area contributed by atoms with Crippen molar-refractivity contribution in [1.29, 1.82) is 0 Å². The maximum absolute atomic E-state index is 12.5. The Morgan fingerprint density at radius 2 is 2.00 bits per heavy atom. The molecular weight excluding hydrogens is 256 g/mol. The molecule has 1 aromatic carbocycles. The number of fused-ring (bicyclic) bond motifs is 1. The standard InChI is InChI=1S/C15H20N2O3/c1-15(2,3)12(16)13(18)17-7-6-9-8-10(14(19)20)4-5-11(9)17/h4-5,8,12H,6-7,16H2,1-3H3,(H,19,20). The predicted molar refractivity (Wildman–Crippen MR) is 76.9 cm³/mol. The van der Waals surface area contributed by atoms with Gasteiger partial charge in [0.2, 0.25) is 5.91 Å². The van der Waals surface area contributed by atoms with Crippen molar-refractivity contribution in [1.82, 2.24) is 0 Å². The molecule has 1 atom stereocenters. The summed E-state index contributed by atoms with van der Waals surface area (Å²) in [6, 6.07) is 4.27. The molecule has 0 aliphatic carbocycles. The fraction of sp³-hybridized carbons (Fsp3) is 0.467. The average molecular weight is 276 g/mol. The number of carbonyl (C=O) groups excluding carboxylic acids is 1. The predicted octanol–water partition coefficient (Wildman–Crippen LogP) is 1.65. The van der Waals surface area contributed by atoms with E-state index in [1.54, 1.807) is 17.0 Å². The van der Waals surface area contributed by atoms with E-state index in [-0.39, 0.29) is 16.9 Å². The topological polar surface area (TPSA) is 83.6 Å². The maximum atomic E-state index is 12.5. The Morgan fingerprint density at radius 3 is 2.55 bits per heavy atom. The zero-order valence-electron chi connectivity index (χ0n) is 12.0. The fourth-order valence-electron chi connectivity index (χ4n) is 2.30. The molecule has 0 aromatic heterocycles. The van der Waals surface area contributed by atoms with E-state index in [0.29, 0.717) is 13.0 Å². The summed E-state index contributed by atoms with van der Waals surface area (Å²) in [7, 11) is 0. The molecule has 1 amide bonds. The van der Waals surface area contributed by atoms with Crippen LogP contribution in [0.2, 0.25) is 0 Å². The first-order chi connectivity index (χ1) is 9.21. The van der Waals surface area contributed by atoms with Gasteiger partial charge in [-0.1, -0.05) is 20.8 Å². The third-order valence-corrected chi connectivity index (χ3v) is 3.69. The summed E-state index contributed by atoms with van der Waals surface area (Å²) in [5, 5.41) is 8.99. The van der Waals surface area contributed by atoms with Gasteiger partial charge in [0.15, 0.2) is 0 Å². The van der Waals surface area contributed by atoms with Crippen molar-refractivity contribution in [2.75, 3.05) is 11.4 Å². The number of aromatic carboxylic acids is 1. The van der Waals surface area contributed by atoms with Crippen LogP contribution in [0.4, 0.5) is 5.69 Å². The number of hydrogen-bond donors (Lipinski definition) is 2. The van der Waals surface area contributed by atoms with Gasteiger partial charge in [0.1, 0.15) is 0 Å². The van der Waals surface area contributed by atoms with Gasteiger partial charge in [0.25, 0.3) is 0 Å². The zero-order chi connectivity index (χ0) is 15.1. The summed E-state index contributed by atoms with van der Waals surface area (Å²) in [5.41, 5.74) is 7.63. The van der Waals surface area contributed by atoms with Gasteiger partial charge in [-0.2, -0.15) is 0 Å². The Hall–Kier alpha value is -1.88. The minimum Gasteiger partial charge on any atom is -0.478 e. The van der Waals surface area contributed by atoms with E-state index >= 15 is 0 Å². The van der Waals surface area contributed by atoms with Crippen LogP contribution in [0.1, 0.15) is 36.7 Å². The molecule has 0 bridgehead atoms. The Morgan fingerprint density at radius 1 is 1.35 bits per heavy atom. The second-order valence-electron chi connectivity index (χ2n) is 6.23. The summed E-state index contributed by atoms with van der Waals surface area (Å²) in [5.74, 6) is -1.07. The van der Waals surface area contributed by atoms with Crippen LogP contribution >= 0.6 is 0 Å². The molecule has 5 heteroatoms. The third-order valence-electron chi connectivity index (χ3n) is 3.69. The second kappa shape index (κ2) is 4.90. The normalized spacial score (nSPS) is 15.9. The summed E-state index contributed by atoms with van der Waals surface area (Å²) in [4.78, 5) is 25.1. The van der Waals surface area contributed by atoms with Crippen molar-refractivity contribution in [2.24, 2.45) is 11.1 Å². The lowest BCUT2D eigenvalue weighted by atomic mass is 9.86. The van der Waals surface area contributed by atoms with E-state index in [4.69, 9.17) is 10.8 Å². The van der Waals surface area contributed by atoms with Crippen LogP contribution in [0, 0.1) is 5.41 Å². The van der Waals surface area contributed by atoms with E-state index in [0.717, 1.165) is 11.3 Å². The molecule has 1 heterocycles. The molecule has 108 valence electrons. The first kappa shape index (κ1) is 14.5. The fourth-order valence-corrected chi connectivity index (χ4v) is 2.30. The molecule has 2 rings (SSSR count). The van der Waals surface area contributed by atoms with Crippen molar-refractivity contribution >= 4 is 17.6 Å². The van der Waals surface area contributed by atoms with Crippen LogP contribution in [0.15, 0.2) is 18.2 Å². The summed E-state index contributed by atoms with van der Waals surface area (Å²) in [6.07, 6.45) is 0.666. The van der Waals surface area contributed by atoms with Crippen molar-refractivity contribution in [3.8, 4) is 0 Å². The van der Waals surface area contributed by atoms with Crippen molar-refractivity contribution in [3.05, 3.63) is 29.3 Å². The number of hydrogen-bond acceptors (Lipinski definition) is 3. The lowest BCUT2D eigenvalue weighted by Crippen LogP contribution is -2.50. The third kappa shape index (κ3) is 2.54. The van der Waals surface area contributed by atoms with Gasteiger partial charge < -0.3 is 15.7 Å². The first-order valence-corrected chi connectivity index (χ1v) is 6.65. The number of carbonyl (C=O) groups is 2. The van der Waals surface area contributed by atoms with E-state index in [1.807, 2.05) is 20.8 Å². The monoisotopic (exact) mass is 276 g/mol. The Balaban J connectivity index is 2.29. The SMILES string of the molecule is CC(C)(C)C(N)C(=O)N1CCc2cc(C(=O)O)ccc21. The van der Waals surface area contributed by atoms with Crippen LogP contribution in [0.25, 0.3) is 0 Å². The van der Waals surface area contributed by atoms with Crippen LogP contribution in [0.3, 0.4) is 0 Å². The molecule has 0 fully saturated rings. The highest BCUT2D eigenvalue weighted by atomic mass is 16.4. The number of carboxylic acid groups (broad SMARTS) is 1.